The molecule has 11 nitrogen and oxygen atoms in total. The summed E-state index contributed by atoms with van der Waals surface area (Å²) < 4.78 is 56.4. The third-order valence-electron chi connectivity index (χ3n) is 4.14. The van der Waals surface area contributed by atoms with Crippen LogP contribution < -0.4 is 15.4 Å². The summed E-state index contributed by atoms with van der Waals surface area (Å²) in [7, 11) is -8.15. The summed E-state index contributed by atoms with van der Waals surface area (Å²) in [4.78, 5) is 22.0. The van der Waals surface area contributed by atoms with E-state index in [0.29, 0.717) is 0 Å². The van der Waals surface area contributed by atoms with E-state index in [1.54, 1.807) is 0 Å². The van der Waals surface area contributed by atoms with Gasteiger partial charge >= 0.3 is 0 Å². The smallest absolute Gasteiger partial charge is 0.221 e. The van der Waals surface area contributed by atoms with Crippen LogP contribution in [0, 0.1) is 0 Å². The minimum atomic E-state index is -4.07. The summed E-state index contributed by atoms with van der Waals surface area (Å²) in [6, 6.07) is 7.47. The highest BCUT2D eigenvalue weighted by Gasteiger charge is 2.25. The zero-order chi connectivity index (χ0) is 24.8. The fourth-order valence-corrected chi connectivity index (χ4v) is 5.18. The standard InChI is InChI=1S/C20H24N2O9S2/c1-13(25)21-15-3-5-17(19(11-15)32(27,28)9-7-23)31-18-6-4-16(22-14(2)26)12-20(18)33(29,30)10-8-24/h3-6,11-12,23-24H,7-10H2,1-2H3,(H,21,25)(H,22,26). The molecule has 0 heterocycles. The molecule has 0 atom stereocenters. The Morgan fingerprint density at radius 1 is 0.758 bits per heavy atom. The molecule has 0 bridgehead atoms. The van der Waals surface area contributed by atoms with E-state index in [2.05, 4.69) is 10.6 Å². The molecule has 0 saturated heterocycles. The van der Waals surface area contributed by atoms with Crippen LogP contribution in [0.15, 0.2) is 46.2 Å². The average molecular weight is 501 g/mol. The van der Waals surface area contributed by atoms with Gasteiger partial charge in [0, 0.05) is 25.2 Å². The number of carbonyl (C=O) groups excluding carboxylic acids is 2. The molecule has 0 aromatic heterocycles. The molecule has 2 aromatic rings. The van der Waals surface area contributed by atoms with Crippen molar-refractivity contribution in [2.45, 2.75) is 23.6 Å². The van der Waals surface area contributed by atoms with Crippen molar-refractivity contribution in [1.82, 2.24) is 0 Å². The molecule has 4 N–H and O–H groups in total. The quantitative estimate of drug-likeness (QED) is 0.369. The number of carbonyl (C=O) groups is 2. The van der Waals surface area contributed by atoms with Crippen LogP contribution in [0.1, 0.15) is 13.8 Å². The second kappa shape index (κ2) is 10.7. The van der Waals surface area contributed by atoms with Crippen molar-refractivity contribution >= 4 is 42.9 Å². The molecule has 180 valence electrons. The van der Waals surface area contributed by atoms with Crippen LogP contribution >= 0.6 is 0 Å². The van der Waals surface area contributed by atoms with Gasteiger partial charge in [-0.15, -0.1) is 0 Å². The Balaban J connectivity index is 2.65. The lowest BCUT2D eigenvalue weighted by Gasteiger charge is -2.16. The number of hydrogen-bond acceptors (Lipinski definition) is 9. The van der Waals surface area contributed by atoms with Crippen LogP contribution in [0.5, 0.6) is 11.5 Å². The average Bonchev–Trinajstić information content (AvgIpc) is 2.69. The zero-order valence-corrected chi connectivity index (χ0v) is 19.5. The predicted molar refractivity (Wildman–Crippen MR) is 120 cm³/mol. The van der Waals surface area contributed by atoms with Gasteiger partial charge in [-0.2, -0.15) is 0 Å². The summed E-state index contributed by atoms with van der Waals surface area (Å²) in [6.07, 6.45) is 0. The van der Waals surface area contributed by atoms with E-state index >= 15 is 0 Å². The summed E-state index contributed by atoms with van der Waals surface area (Å²) in [5.41, 5.74) is 0.306. The number of nitrogens with one attached hydrogen (secondary N) is 2. The minimum absolute atomic E-state index is 0.153. The maximum Gasteiger partial charge on any atom is 0.221 e. The Kier molecular flexibility index (Phi) is 8.55. The number of amides is 2. The second-order valence-electron chi connectivity index (χ2n) is 6.87. The highest BCUT2D eigenvalue weighted by molar-refractivity contribution is 7.91. The third kappa shape index (κ3) is 6.99. The van der Waals surface area contributed by atoms with E-state index in [0.717, 1.165) is 12.1 Å². The number of anilines is 2. The minimum Gasteiger partial charge on any atom is -0.455 e. The van der Waals surface area contributed by atoms with Crippen LogP contribution in [0.4, 0.5) is 11.4 Å². The molecule has 2 amide bonds. The van der Waals surface area contributed by atoms with E-state index in [1.807, 2.05) is 0 Å². The van der Waals surface area contributed by atoms with Crippen molar-refractivity contribution in [2.24, 2.45) is 0 Å². The lowest BCUT2D eigenvalue weighted by atomic mass is 10.2. The van der Waals surface area contributed by atoms with Gasteiger partial charge in [-0.25, -0.2) is 16.8 Å². The summed E-state index contributed by atoms with van der Waals surface area (Å²) in [5.74, 6) is -2.65. The highest BCUT2D eigenvalue weighted by Crippen LogP contribution is 2.36. The van der Waals surface area contributed by atoms with Crippen molar-refractivity contribution in [3.8, 4) is 11.5 Å². The van der Waals surface area contributed by atoms with Crippen LogP contribution in [0.2, 0.25) is 0 Å². The molecule has 33 heavy (non-hydrogen) atoms. The molecule has 2 rings (SSSR count). The molecule has 0 unspecified atom stereocenters. The molecular formula is C20H24N2O9S2. The van der Waals surface area contributed by atoms with Crippen LogP contribution in [-0.2, 0) is 29.3 Å². The molecule has 13 heteroatoms. The molecule has 0 aliphatic heterocycles. The zero-order valence-electron chi connectivity index (χ0n) is 17.9. The van der Waals surface area contributed by atoms with Crippen LogP contribution in [0.25, 0.3) is 0 Å². The number of aliphatic hydroxyl groups is 2. The second-order valence-corrected chi connectivity index (χ2v) is 11.0. The van der Waals surface area contributed by atoms with Gasteiger partial charge < -0.3 is 25.6 Å². The number of aliphatic hydroxyl groups excluding tert-OH is 2. The van der Waals surface area contributed by atoms with Gasteiger partial charge in [0.1, 0.15) is 21.3 Å². The van der Waals surface area contributed by atoms with E-state index < -0.39 is 56.2 Å². The predicted octanol–water partition coefficient (Wildman–Crippen LogP) is 0.928. The highest BCUT2D eigenvalue weighted by atomic mass is 32.2. The maximum atomic E-state index is 12.7. The van der Waals surface area contributed by atoms with Crippen molar-refractivity contribution in [3.63, 3.8) is 0 Å². The van der Waals surface area contributed by atoms with Crippen LogP contribution in [-0.4, -0.2) is 63.6 Å². The third-order valence-corrected chi connectivity index (χ3v) is 7.56. The van der Waals surface area contributed by atoms with Gasteiger partial charge in [-0.3, -0.25) is 9.59 Å². The van der Waals surface area contributed by atoms with Crippen molar-refractivity contribution in [3.05, 3.63) is 36.4 Å². The molecular weight excluding hydrogens is 476 g/mol. The van der Waals surface area contributed by atoms with Gasteiger partial charge in [-0.1, -0.05) is 0 Å². The Hall–Kier alpha value is -3.00. The van der Waals surface area contributed by atoms with Gasteiger partial charge in [0.15, 0.2) is 19.7 Å². The largest absolute Gasteiger partial charge is 0.455 e. The maximum absolute atomic E-state index is 12.7. The Labute approximate surface area is 191 Å². The topological polar surface area (TPSA) is 176 Å². The first-order valence-corrected chi connectivity index (χ1v) is 12.9. The van der Waals surface area contributed by atoms with Gasteiger partial charge in [0.05, 0.1) is 24.7 Å². The van der Waals surface area contributed by atoms with E-state index in [4.69, 9.17) is 14.9 Å². The fraction of sp³-hybridized carbons (Fsp3) is 0.300. The number of benzene rings is 2. The van der Waals surface area contributed by atoms with Crippen molar-refractivity contribution in [2.75, 3.05) is 35.4 Å². The monoisotopic (exact) mass is 500 g/mol. The summed E-state index contributed by atoms with van der Waals surface area (Å²) in [5, 5.41) is 23.2. The van der Waals surface area contributed by atoms with Gasteiger partial charge in [-0.05, 0) is 36.4 Å². The lowest BCUT2D eigenvalue weighted by molar-refractivity contribution is -0.115. The lowest BCUT2D eigenvalue weighted by Crippen LogP contribution is -2.14. The molecule has 0 radical (unpaired) electrons. The van der Waals surface area contributed by atoms with Gasteiger partial charge in [0.2, 0.25) is 11.8 Å². The van der Waals surface area contributed by atoms with E-state index in [1.165, 1.54) is 38.1 Å². The Morgan fingerprint density at radius 3 is 1.42 bits per heavy atom. The number of hydrogen-bond donors (Lipinski definition) is 4. The molecule has 0 aliphatic carbocycles. The summed E-state index contributed by atoms with van der Waals surface area (Å²) in [6.45, 7) is 1.13. The fourth-order valence-electron chi connectivity index (χ4n) is 2.81. The summed E-state index contributed by atoms with van der Waals surface area (Å²) >= 11 is 0. The Morgan fingerprint density at radius 2 is 1.12 bits per heavy atom. The SMILES string of the molecule is CC(=O)Nc1ccc(Oc2ccc(NC(C)=O)cc2S(=O)(=O)CCO)c(S(=O)(=O)CCO)c1. The Bertz CT molecular complexity index is 1160. The molecule has 0 fully saturated rings. The van der Waals surface area contributed by atoms with Crippen molar-refractivity contribution < 1.29 is 41.4 Å². The van der Waals surface area contributed by atoms with Crippen molar-refractivity contribution in [1.29, 1.82) is 0 Å². The first kappa shape index (κ1) is 26.3. The van der Waals surface area contributed by atoms with E-state index in [9.17, 15) is 26.4 Å². The number of sulfone groups is 2. The number of ether oxygens (including phenoxy) is 1. The molecule has 2 aromatic carbocycles. The van der Waals surface area contributed by atoms with Crippen LogP contribution in [0.3, 0.4) is 0 Å². The van der Waals surface area contributed by atoms with Gasteiger partial charge in [0.25, 0.3) is 0 Å². The van der Waals surface area contributed by atoms with E-state index in [-0.39, 0.29) is 32.7 Å². The molecule has 0 aliphatic rings. The first-order valence-electron chi connectivity index (χ1n) is 9.58. The molecule has 0 saturated carbocycles. The first-order chi connectivity index (χ1) is 15.4. The normalized spacial score (nSPS) is 11.6. The molecule has 0 spiro atoms. The number of rotatable bonds is 10.